The fourth-order valence-electron chi connectivity index (χ4n) is 2.30. The largest absolute Gasteiger partial charge is 0.354 e. The maximum atomic E-state index is 6.40. The van der Waals surface area contributed by atoms with Crippen molar-refractivity contribution in [1.29, 1.82) is 0 Å². The first-order chi connectivity index (χ1) is 7.70. The number of nitrogens with zero attached hydrogens (tertiary/aromatic N) is 2. The predicted octanol–water partition coefficient (Wildman–Crippen LogP) is 3.83. The van der Waals surface area contributed by atoms with Crippen LogP contribution in [0, 0.1) is 0 Å². The lowest BCUT2D eigenvalue weighted by atomic mass is 9.94. The Labute approximate surface area is 110 Å². The van der Waals surface area contributed by atoms with Crippen LogP contribution < -0.4 is 4.90 Å². The Morgan fingerprint density at radius 1 is 1.44 bits per heavy atom. The van der Waals surface area contributed by atoms with E-state index < -0.39 is 0 Å². The Kier molecular flexibility index (Phi) is 4.09. The minimum atomic E-state index is 0.243. The van der Waals surface area contributed by atoms with Crippen LogP contribution in [0.4, 0.5) is 5.82 Å². The van der Waals surface area contributed by atoms with Gasteiger partial charge in [0.15, 0.2) is 0 Å². The lowest BCUT2D eigenvalue weighted by Crippen LogP contribution is -2.41. The van der Waals surface area contributed by atoms with Gasteiger partial charge in [-0.1, -0.05) is 12.8 Å². The van der Waals surface area contributed by atoms with E-state index in [2.05, 4.69) is 32.9 Å². The van der Waals surface area contributed by atoms with E-state index in [-0.39, 0.29) is 5.38 Å². The van der Waals surface area contributed by atoms with Crippen molar-refractivity contribution >= 4 is 33.3 Å². The van der Waals surface area contributed by atoms with Gasteiger partial charge in [0.2, 0.25) is 0 Å². The topological polar surface area (TPSA) is 16.1 Å². The van der Waals surface area contributed by atoms with E-state index in [1.165, 1.54) is 12.8 Å². The molecule has 1 aromatic heterocycles. The first kappa shape index (κ1) is 12.2. The van der Waals surface area contributed by atoms with Gasteiger partial charge in [0.05, 0.1) is 9.85 Å². The molecule has 0 aliphatic heterocycles. The van der Waals surface area contributed by atoms with Crippen molar-refractivity contribution in [3.63, 3.8) is 0 Å². The SMILES string of the molecule is CN(c1ncccc1Br)C1CCCCC1Cl. The van der Waals surface area contributed by atoms with Crippen molar-refractivity contribution in [2.24, 2.45) is 0 Å². The van der Waals surface area contributed by atoms with Crippen LogP contribution in [0.2, 0.25) is 0 Å². The van der Waals surface area contributed by atoms with E-state index in [1.807, 2.05) is 18.3 Å². The molecule has 1 aliphatic rings. The summed E-state index contributed by atoms with van der Waals surface area (Å²) in [6, 6.07) is 4.35. The second-order valence-electron chi connectivity index (χ2n) is 4.29. The standard InChI is InChI=1S/C12H16BrClN2/c1-16(11-7-3-2-6-10(11)14)12-9(13)5-4-8-15-12/h4-5,8,10-11H,2-3,6-7H2,1H3. The Balaban J connectivity index is 2.17. The molecule has 2 atom stereocenters. The Morgan fingerprint density at radius 2 is 2.19 bits per heavy atom. The van der Waals surface area contributed by atoms with Gasteiger partial charge < -0.3 is 4.90 Å². The summed E-state index contributed by atoms with van der Waals surface area (Å²) in [4.78, 5) is 6.62. The number of pyridine rings is 1. The van der Waals surface area contributed by atoms with Gasteiger partial charge in [-0.3, -0.25) is 0 Å². The highest BCUT2D eigenvalue weighted by Gasteiger charge is 2.28. The molecular weight excluding hydrogens is 288 g/mol. The second kappa shape index (κ2) is 5.37. The van der Waals surface area contributed by atoms with Crippen molar-refractivity contribution in [2.75, 3.05) is 11.9 Å². The van der Waals surface area contributed by atoms with Crippen molar-refractivity contribution < 1.29 is 0 Å². The number of hydrogen-bond donors (Lipinski definition) is 0. The minimum Gasteiger partial charge on any atom is -0.354 e. The maximum absolute atomic E-state index is 6.40. The Bertz CT molecular complexity index is 359. The maximum Gasteiger partial charge on any atom is 0.142 e. The zero-order chi connectivity index (χ0) is 11.5. The third-order valence-corrected chi connectivity index (χ3v) is 4.35. The van der Waals surface area contributed by atoms with E-state index in [9.17, 15) is 0 Å². The van der Waals surface area contributed by atoms with Crippen LogP contribution in [0.3, 0.4) is 0 Å². The van der Waals surface area contributed by atoms with E-state index in [0.717, 1.165) is 23.1 Å². The van der Waals surface area contributed by atoms with Crippen LogP contribution in [0.5, 0.6) is 0 Å². The molecule has 0 aromatic carbocycles. The molecule has 2 unspecified atom stereocenters. The van der Waals surface area contributed by atoms with Gasteiger partial charge in [-0.25, -0.2) is 4.98 Å². The van der Waals surface area contributed by atoms with Gasteiger partial charge in [-0.15, -0.1) is 11.6 Å². The molecule has 1 aromatic rings. The summed E-state index contributed by atoms with van der Waals surface area (Å²) < 4.78 is 1.03. The van der Waals surface area contributed by atoms with Crippen LogP contribution in [-0.2, 0) is 0 Å². The summed E-state index contributed by atoms with van der Waals surface area (Å²) in [5.41, 5.74) is 0. The van der Waals surface area contributed by atoms with Crippen molar-refractivity contribution in [1.82, 2.24) is 4.98 Å². The summed E-state index contributed by atoms with van der Waals surface area (Å²) in [6.45, 7) is 0. The number of anilines is 1. The molecule has 88 valence electrons. The quantitative estimate of drug-likeness (QED) is 0.772. The molecule has 0 bridgehead atoms. The van der Waals surface area contributed by atoms with Crippen LogP contribution in [0.15, 0.2) is 22.8 Å². The van der Waals surface area contributed by atoms with Gasteiger partial charge in [0.1, 0.15) is 5.82 Å². The van der Waals surface area contributed by atoms with E-state index in [4.69, 9.17) is 11.6 Å². The molecule has 1 saturated carbocycles. The molecule has 16 heavy (non-hydrogen) atoms. The predicted molar refractivity (Wildman–Crippen MR) is 72.2 cm³/mol. The van der Waals surface area contributed by atoms with E-state index in [1.54, 1.807) is 0 Å². The monoisotopic (exact) mass is 302 g/mol. The lowest BCUT2D eigenvalue weighted by molar-refractivity contribution is 0.432. The zero-order valence-electron chi connectivity index (χ0n) is 9.37. The molecule has 1 heterocycles. The van der Waals surface area contributed by atoms with Gasteiger partial charge in [0, 0.05) is 19.3 Å². The third-order valence-electron chi connectivity index (χ3n) is 3.22. The second-order valence-corrected chi connectivity index (χ2v) is 5.70. The van der Waals surface area contributed by atoms with Gasteiger partial charge >= 0.3 is 0 Å². The zero-order valence-corrected chi connectivity index (χ0v) is 11.7. The number of rotatable bonds is 2. The van der Waals surface area contributed by atoms with Crippen LogP contribution in [0.25, 0.3) is 0 Å². The van der Waals surface area contributed by atoms with E-state index in [0.29, 0.717) is 6.04 Å². The molecule has 1 fully saturated rings. The lowest BCUT2D eigenvalue weighted by Gasteiger charge is -2.36. The van der Waals surface area contributed by atoms with Crippen LogP contribution >= 0.6 is 27.5 Å². The molecule has 2 nitrogen and oxygen atoms in total. The molecule has 0 saturated heterocycles. The highest BCUT2D eigenvalue weighted by atomic mass is 79.9. The molecular formula is C12H16BrClN2. The van der Waals surface area contributed by atoms with Gasteiger partial charge in [-0.2, -0.15) is 0 Å². The van der Waals surface area contributed by atoms with Gasteiger partial charge in [-0.05, 0) is 40.9 Å². The first-order valence-corrected chi connectivity index (χ1v) is 6.90. The molecule has 4 heteroatoms. The molecule has 2 rings (SSSR count). The first-order valence-electron chi connectivity index (χ1n) is 5.67. The Hall–Kier alpha value is -0.280. The average Bonchev–Trinajstić information content (AvgIpc) is 2.29. The summed E-state index contributed by atoms with van der Waals surface area (Å²) in [6.07, 6.45) is 6.61. The molecule has 1 aliphatic carbocycles. The highest BCUT2D eigenvalue weighted by Crippen LogP contribution is 2.31. The van der Waals surface area contributed by atoms with Crippen molar-refractivity contribution in [2.45, 2.75) is 37.1 Å². The molecule has 0 spiro atoms. The fourth-order valence-corrected chi connectivity index (χ4v) is 3.28. The van der Waals surface area contributed by atoms with Gasteiger partial charge in [0.25, 0.3) is 0 Å². The van der Waals surface area contributed by atoms with E-state index >= 15 is 0 Å². The number of halogens is 2. The summed E-state index contributed by atoms with van der Waals surface area (Å²) in [7, 11) is 2.08. The third kappa shape index (κ3) is 2.51. The van der Waals surface area contributed by atoms with Crippen molar-refractivity contribution in [3.8, 4) is 0 Å². The summed E-state index contributed by atoms with van der Waals surface area (Å²) in [5, 5.41) is 0.243. The highest BCUT2D eigenvalue weighted by molar-refractivity contribution is 9.10. The molecule has 0 radical (unpaired) electrons. The number of hydrogen-bond acceptors (Lipinski definition) is 2. The van der Waals surface area contributed by atoms with Crippen LogP contribution in [0.1, 0.15) is 25.7 Å². The fraction of sp³-hybridized carbons (Fsp3) is 0.583. The summed E-state index contributed by atoms with van der Waals surface area (Å²) >= 11 is 9.93. The van der Waals surface area contributed by atoms with Crippen molar-refractivity contribution in [3.05, 3.63) is 22.8 Å². The normalized spacial score (nSPS) is 25.4. The average molecular weight is 304 g/mol. The smallest absolute Gasteiger partial charge is 0.142 e. The summed E-state index contributed by atoms with van der Waals surface area (Å²) in [5.74, 6) is 0.986. The Morgan fingerprint density at radius 3 is 2.88 bits per heavy atom. The molecule has 0 N–H and O–H groups in total. The molecule has 0 amide bonds. The van der Waals surface area contributed by atoms with Crippen LogP contribution in [-0.4, -0.2) is 23.5 Å². The number of alkyl halides is 1. The minimum absolute atomic E-state index is 0.243. The number of aromatic nitrogens is 1.